The second-order valence-electron chi connectivity index (χ2n) is 8.04. The molecule has 8 nitrogen and oxygen atoms in total. The van der Waals surface area contributed by atoms with Crippen LogP contribution in [0, 0.1) is 0 Å². The van der Waals surface area contributed by atoms with E-state index in [0.29, 0.717) is 34.1 Å². The fraction of sp³-hybridized carbons (Fsp3) is 0.103. The van der Waals surface area contributed by atoms with Crippen molar-refractivity contribution in [2.45, 2.75) is 6.92 Å². The van der Waals surface area contributed by atoms with E-state index in [9.17, 15) is 14.4 Å². The molecule has 0 aliphatic rings. The van der Waals surface area contributed by atoms with Gasteiger partial charge < -0.3 is 14.8 Å². The summed E-state index contributed by atoms with van der Waals surface area (Å²) in [6, 6.07) is 24.1. The van der Waals surface area contributed by atoms with Crippen molar-refractivity contribution >= 4 is 46.4 Å². The molecule has 0 fully saturated rings. The molecule has 2 amide bonds. The summed E-state index contributed by atoms with van der Waals surface area (Å²) in [6.07, 6.45) is 1.41. The molecule has 0 heterocycles. The molecule has 4 aromatic rings. The van der Waals surface area contributed by atoms with Gasteiger partial charge >= 0.3 is 5.97 Å². The lowest BCUT2D eigenvalue weighted by atomic mass is 10.0. The number of carbonyl (C=O) groups excluding carboxylic acids is 3. The highest BCUT2D eigenvalue weighted by Gasteiger charge is 2.14. The predicted molar refractivity (Wildman–Crippen MR) is 146 cm³/mol. The minimum atomic E-state index is -0.554. The minimum Gasteiger partial charge on any atom is -0.490 e. The quantitative estimate of drug-likeness (QED) is 0.137. The molecule has 2 N–H and O–H groups in total. The maximum Gasteiger partial charge on any atom is 0.343 e. The first-order chi connectivity index (χ1) is 18.4. The largest absolute Gasteiger partial charge is 0.490 e. The van der Waals surface area contributed by atoms with Crippen LogP contribution in [0.3, 0.4) is 0 Å². The molecule has 0 atom stereocenters. The molecular weight excluding hydrogens is 506 g/mol. The molecule has 9 heteroatoms. The number of hydrogen-bond acceptors (Lipinski definition) is 6. The van der Waals surface area contributed by atoms with Crippen molar-refractivity contribution in [2.24, 2.45) is 5.10 Å². The van der Waals surface area contributed by atoms with E-state index in [-0.39, 0.29) is 18.2 Å². The SMILES string of the molecule is CCOc1cc(/C=N\NC(=O)CNC(=O)c2cccc3ccccc23)ccc1OC(=O)c1ccc(Cl)cc1. The number of carbonyl (C=O) groups is 3. The maximum absolute atomic E-state index is 12.6. The van der Waals surface area contributed by atoms with Crippen LogP contribution < -0.4 is 20.2 Å². The molecule has 0 saturated heterocycles. The zero-order chi connectivity index (χ0) is 26.9. The summed E-state index contributed by atoms with van der Waals surface area (Å²) in [6.45, 7) is 1.90. The number of benzene rings is 4. The Bertz CT molecular complexity index is 1500. The Morgan fingerprint density at radius 2 is 1.68 bits per heavy atom. The molecule has 0 aliphatic carbocycles. The number of ether oxygens (including phenoxy) is 2. The second-order valence-corrected chi connectivity index (χ2v) is 8.47. The van der Waals surface area contributed by atoms with Crippen LogP contribution in [0.15, 0.2) is 90.0 Å². The van der Waals surface area contributed by atoms with Gasteiger partial charge in [0.2, 0.25) is 0 Å². The molecule has 4 aromatic carbocycles. The number of halogens is 1. The average molecular weight is 530 g/mol. The van der Waals surface area contributed by atoms with Crippen molar-refractivity contribution in [3.63, 3.8) is 0 Å². The van der Waals surface area contributed by atoms with Gasteiger partial charge in [-0.3, -0.25) is 9.59 Å². The first kappa shape index (κ1) is 26.4. The topological polar surface area (TPSA) is 106 Å². The van der Waals surface area contributed by atoms with Gasteiger partial charge in [0.25, 0.3) is 11.8 Å². The van der Waals surface area contributed by atoms with E-state index in [0.717, 1.165) is 10.8 Å². The second kappa shape index (κ2) is 12.5. The zero-order valence-electron chi connectivity index (χ0n) is 20.4. The number of esters is 1. The van der Waals surface area contributed by atoms with Crippen LogP contribution in [0.4, 0.5) is 0 Å². The van der Waals surface area contributed by atoms with Gasteiger partial charge in [0.15, 0.2) is 11.5 Å². The van der Waals surface area contributed by atoms with Crippen molar-refractivity contribution in [1.29, 1.82) is 0 Å². The molecule has 0 spiro atoms. The van der Waals surface area contributed by atoms with E-state index >= 15 is 0 Å². The molecule has 0 aromatic heterocycles. The molecule has 38 heavy (non-hydrogen) atoms. The molecule has 4 rings (SSSR count). The summed E-state index contributed by atoms with van der Waals surface area (Å²) in [5.41, 5.74) is 3.81. The molecule has 192 valence electrons. The Labute approximate surface area is 224 Å². The van der Waals surface area contributed by atoms with Crippen LogP contribution in [0.25, 0.3) is 10.8 Å². The maximum atomic E-state index is 12.6. The van der Waals surface area contributed by atoms with Gasteiger partial charge in [-0.05, 0) is 71.8 Å². The van der Waals surface area contributed by atoms with Gasteiger partial charge in [-0.15, -0.1) is 0 Å². The lowest BCUT2D eigenvalue weighted by Crippen LogP contribution is -2.35. The third-order valence-corrected chi connectivity index (χ3v) is 5.65. The zero-order valence-corrected chi connectivity index (χ0v) is 21.2. The summed E-state index contributed by atoms with van der Waals surface area (Å²) in [5.74, 6) is -0.821. The van der Waals surface area contributed by atoms with E-state index in [1.807, 2.05) is 30.3 Å². The van der Waals surface area contributed by atoms with Gasteiger partial charge in [-0.1, -0.05) is 48.0 Å². The summed E-state index contributed by atoms with van der Waals surface area (Å²) >= 11 is 5.87. The number of hydrogen-bond donors (Lipinski definition) is 2. The van der Waals surface area contributed by atoms with Gasteiger partial charge in [-0.2, -0.15) is 5.10 Å². The third kappa shape index (κ3) is 6.74. The number of nitrogens with zero attached hydrogens (tertiary/aromatic N) is 1. The highest BCUT2D eigenvalue weighted by Crippen LogP contribution is 2.29. The lowest BCUT2D eigenvalue weighted by Gasteiger charge is -2.11. The van der Waals surface area contributed by atoms with Gasteiger partial charge in [0.05, 0.1) is 24.9 Å². The predicted octanol–water partition coefficient (Wildman–Crippen LogP) is 4.99. The van der Waals surface area contributed by atoms with Crippen molar-refractivity contribution in [3.8, 4) is 11.5 Å². The summed E-state index contributed by atoms with van der Waals surface area (Å²) in [5, 5.41) is 8.80. The highest BCUT2D eigenvalue weighted by molar-refractivity contribution is 6.30. The van der Waals surface area contributed by atoms with Crippen LogP contribution >= 0.6 is 11.6 Å². The van der Waals surface area contributed by atoms with Crippen molar-refractivity contribution < 1.29 is 23.9 Å². The van der Waals surface area contributed by atoms with E-state index in [1.54, 1.807) is 61.5 Å². The molecule has 0 radical (unpaired) electrons. The van der Waals surface area contributed by atoms with Crippen LogP contribution in [0.5, 0.6) is 11.5 Å². The highest BCUT2D eigenvalue weighted by atomic mass is 35.5. The van der Waals surface area contributed by atoms with E-state index in [2.05, 4.69) is 15.8 Å². The van der Waals surface area contributed by atoms with Gasteiger partial charge in [0, 0.05) is 10.6 Å². The van der Waals surface area contributed by atoms with E-state index in [4.69, 9.17) is 21.1 Å². The number of rotatable bonds is 9. The first-order valence-corrected chi connectivity index (χ1v) is 12.1. The minimum absolute atomic E-state index is 0.240. The van der Waals surface area contributed by atoms with E-state index < -0.39 is 11.9 Å². The normalized spacial score (nSPS) is 10.8. The smallest absolute Gasteiger partial charge is 0.343 e. The number of amides is 2. The molecule has 0 aliphatic heterocycles. The lowest BCUT2D eigenvalue weighted by molar-refractivity contribution is -0.120. The Balaban J connectivity index is 1.34. The summed E-state index contributed by atoms with van der Waals surface area (Å²) < 4.78 is 11.1. The Morgan fingerprint density at radius 1 is 0.921 bits per heavy atom. The average Bonchev–Trinajstić information content (AvgIpc) is 2.93. The van der Waals surface area contributed by atoms with Crippen LogP contribution in [-0.4, -0.2) is 37.1 Å². The molecule has 0 unspecified atom stereocenters. The summed E-state index contributed by atoms with van der Waals surface area (Å²) in [4.78, 5) is 37.2. The van der Waals surface area contributed by atoms with Crippen molar-refractivity contribution in [3.05, 3.63) is 107 Å². The molecule has 0 bridgehead atoms. The van der Waals surface area contributed by atoms with Crippen molar-refractivity contribution in [2.75, 3.05) is 13.2 Å². The van der Waals surface area contributed by atoms with Crippen LogP contribution in [-0.2, 0) is 4.79 Å². The number of fused-ring (bicyclic) bond motifs is 1. The Morgan fingerprint density at radius 3 is 2.47 bits per heavy atom. The van der Waals surface area contributed by atoms with E-state index in [1.165, 1.54) is 6.21 Å². The standard InChI is InChI=1S/C29H24ClN3O5/c1-2-37-26-16-19(10-15-25(26)38-29(36)21-11-13-22(30)14-12-21)17-32-33-27(34)18-31-28(35)24-9-5-7-20-6-3-4-8-23(20)24/h3-17H,2,18H2,1H3,(H,31,35)(H,33,34)/b32-17-. The Hall–Kier alpha value is -4.69. The number of nitrogens with one attached hydrogen (secondary N) is 2. The summed E-state index contributed by atoms with van der Waals surface area (Å²) in [7, 11) is 0. The fourth-order valence-corrected chi connectivity index (χ4v) is 3.73. The van der Waals surface area contributed by atoms with Gasteiger partial charge in [0.1, 0.15) is 0 Å². The fourth-order valence-electron chi connectivity index (χ4n) is 3.60. The number of hydrazone groups is 1. The van der Waals surface area contributed by atoms with Crippen LogP contribution in [0.1, 0.15) is 33.2 Å². The van der Waals surface area contributed by atoms with Crippen LogP contribution in [0.2, 0.25) is 5.02 Å². The Kier molecular flexibility index (Phi) is 8.69. The monoisotopic (exact) mass is 529 g/mol. The third-order valence-electron chi connectivity index (χ3n) is 5.40. The van der Waals surface area contributed by atoms with Crippen molar-refractivity contribution in [1.82, 2.24) is 10.7 Å². The molecular formula is C29H24ClN3O5. The first-order valence-electron chi connectivity index (χ1n) is 11.8. The van der Waals surface area contributed by atoms with Gasteiger partial charge in [-0.25, -0.2) is 10.2 Å². The molecule has 0 saturated carbocycles.